The van der Waals surface area contributed by atoms with Gasteiger partial charge in [-0.2, -0.15) is 0 Å². The molecule has 0 aromatic heterocycles. The zero-order chi connectivity index (χ0) is 20.1. The Morgan fingerprint density at radius 3 is 2.47 bits per heavy atom. The number of aliphatic imine (C=N–C) groups is 1. The van der Waals surface area contributed by atoms with Crippen molar-refractivity contribution in [3.8, 4) is 0 Å². The van der Waals surface area contributed by atoms with Crippen LogP contribution < -0.4 is 11.1 Å². The summed E-state index contributed by atoms with van der Waals surface area (Å²) in [5, 5.41) is 3.28. The Labute approximate surface area is 196 Å². The van der Waals surface area contributed by atoms with Gasteiger partial charge in [0.15, 0.2) is 5.96 Å². The summed E-state index contributed by atoms with van der Waals surface area (Å²) in [6.07, 6.45) is 8.16. The topological polar surface area (TPSA) is 70.7 Å². The number of hydrogen-bond donors (Lipinski definition) is 2. The van der Waals surface area contributed by atoms with Crippen LogP contribution in [0.25, 0.3) is 0 Å². The van der Waals surface area contributed by atoms with Crippen LogP contribution in [0.1, 0.15) is 59.2 Å². The molecule has 2 aliphatic rings. The average molecular weight is 518 g/mol. The first-order chi connectivity index (χ1) is 14.2. The number of carbonyl (C=O) groups is 1. The minimum absolute atomic E-state index is 0. The molecule has 1 saturated heterocycles. The first-order valence-corrected chi connectivity index (χ1v) is 10.8. The predicted octanol–water partition coefficient (Wildman–Crippen LogP) is 4.74. The van der Waals surface area contributed by atoms with Crippen molar-refractivity contribution in [2.45, 2.75) is 51.5 Å². The van der Waals surface area contributed by atoms with E-state index in [1.54, 1.807) is 0 Å². The van der Waals surface area contributed by atoms with Crippen LogP contribution in [-0.2, 0) is 19.4 Å². The summed E-state index contributed by atoms with van der Waals surface area (Å²) in [7, 11) is 0. The largest absolute Gasteiger partial charge is 0.370 e. The highest BCUT2D eigenvalue weighted by Crippen LogP contribution is 2.27. The number of amides is 1. The zero-order valence-corrected chi connectivity index (χ0v) is 19.7. The molecule has 0 unspecified atom stereocenters. The monoisotopic (exact) mass is 518 g/mol. The van der Waals surface area contributed by atoms with Crippen molar-refractivity contribution < 1.29 is 4.79 Å². The number of benzene rings is 2. The number of anilines is 1. The Balaban J connectivity index is 0.00000256. The molecule has 5 nitrogen and oxygen atoms in total. The van der Waals surface area contributed by atoms with Crippen LogP contribution in [0.4, 0.5) is 5.69 Å². The third-order valence-electron chi connectivity index (χ3n) is 5.93. The van der Waals surface area contributed by atoms with E-state index in [0.29, 0.717) is 12.5 Å². The Kier molecular flexibility index (Phi) is 8.13. The van der Waals surface area contributed by atoms with Crippen LogP contribution in [0.2, 0.25) is 0 Å². The van der Waals surface area contributed by atoms with Gasteiger partial charge in [0.1, 0.15) is 0 Å². The van der Waals surface area contributed by atoms with Gasteiger partial charge in [-0.15, -0.1) is 24.0 Å². The molecule has 2 aromatic rings. The minimum Gasteiger partial charge on any atom is -0.370 e. The van der Waals surface area contributed by atoms with Crippen molar-refractivity contribution in [3.63, 3.8) is 0 Å². The van der Waals surface area contributed by atoms with Gasteiger partial charge in [0.2, 0.25) is 0 Å². The van der Waals surface area contributed by atoms with Gasteiger partial charge in [-0.25, -0.2) is 4.99 Å². The summed E-state index contributed by atoms with van der Waals surface area (Å²) in [4.78, 5) is 19.0. The van der Waals surface area contributed by atoms with E-state index in [2.05, 4.69) is 28.5 Å². The number of guanidine groups is 1. The molecule has 1 amide bonds. The fraction of sp³-hybridized carbons (Fsp3) is 0.417. The van der Waals surface area contributed by atoms with Gasteiger partial charge in [0, 0.05) is 24.3 Å². The second kappa shape index (κ2) is 10.8. The number of rotatable bonds is 4. The molecule has 1 fully saturated rings. The van der Waals surface area contributed by atoms with Crippen LogP contribution in [0.3, 0.4) is 0 Å². The number of likely N-dealkylation sites (tertiary alicyclic amines) is 1. The van der Waals surface area contributed by atoms with Crippen LogP contribution in [-0.4, -0.2) is 29.9 Å². The molecule has 30 heavy (non-hydrogen) atoms. The van der Waals surface area contributed by atoms with Gasteiger partial charge >= 0.3 is 0 Å². The number of aryl methyl sites for hydroxylation is 1. The summed E-state index contributed by atoms with van der Waals surface area (Å²) in [6, 6.07) is 14.1. The summed E-state index contributed by atoms with van der Waals surface area (Å²) in [6.45, 7) is 2.23. The highest BCUT2D eigenvalue weighted by Gasteiger charge is 2.18. The molecule has 0 radical (unpaired) electrons. The maximum atomic E-state index is 12.6. The van der Waals surface area contributed by atoms with E-state index in [-0.39, 0.29) is 29.9 Å². The minimum atomic E-state index is 0. The van der Waals surface area contributed by atoms with E-state index in [1.807, 2.05) is 29.2 Å². The Hall–Kier alpha value is -2.09. The van der Waals surface area contributed by atoms with E-state index in [1.165, 1.54) is 30.4 Å². The van der Waals surface area contributed by atoms with E-state index >= 15 is 0 Å². The van der Waals surface area contributed by atoms with Crippen molar-refractivity contribution in [2.24, 2.45) is 10.7 Å². The highest BCUT2D eigenvalue weighted by atomic mass is 127. The molecule has 0 spiro atoms. The molecule has 0 atom stereocenters. The average Bonchev–Trinajstić information content (AvgIpc) is 2.78. The standard InChI is InChI=1S/C24H30N4O.HI/c25-24(27-22-10-6-8-19-7-2-3-9-21(19)22)26-17-18-11-13-20(14-12-18)23(29)28-15-4-1-5-16-28;/h6,8,10-14H,1-5,7,9,15-17H2,(H3,25,26,27);1H. The predicted molar refractivity (Wildman–Crippen MR) is 134 cm³/mol. The fourth-order valence-corrected chi connectivity index (χ4v) is 4.28. The van der Waals surface area contributed by atoms with Gasteiger partial charge < -0.3 is 16.0 Å². The smallest absolute Gasteiger partial charge is 0.253 e. The van der Waals surface area contributed by atoms with Gasteiger partial charge in [0.25, 0.3) is 5.91 Å². The lowest BCUT2D eigenvalue weighted by molar-refractivity contribution is 0.0724. The molecular weight excluding hydrogens is 487 g/mol. The molecule has 160 valence electrons. The van der Waals surface area contributed by atoms with Crippen LogP contribution in [0, 0.1) is 0 Å². The van der Waals surface area contributed by atoms with Crippen molar-refractivity contribution in [2.75, 3.05) is 18.4 Å². The molecule has 2 aromatic carbocycles. The van der Waals surface area contributed by atoms with Crippen LogP contribution in [0.15, 0.2) is 47.5 Å². The molecule has 1 heterocycles. The highest BCUT2D eigenvalue weighted by molar-refractivity contribution is 14.0. The zero-order valence-electron chi connectivity index (χ0n) is 17.4. The number of fused-ring (bicyclic) bond motifs is 1. The molecule has 3 N–H and O–H groups in total. The van der Waals surface area contributed by atoms with Crippen molar-refractivity contribution in [1.29, 1.82) is 0 Å². The van der Waals surface area contributed by atoms with Crippen molar-refractivity contribution >= 4 is 41.5 Å². The molecule has 4 rings (SSSR count). The Morgan fingerprint density at radius 2 is 1.70 bits per heavy atom. The SMILES string of the molecule is I.NC(=NCc1ccc(C(=O)N2CCCCC2)cc1)Nc1cccc2c1CCCC2. The number of nitrogens with one attached hydrogen (secondary N) is 1. The maximum Gasteiger partial charge on any atom is 0.253 e. The Bertz CT molecular complexity index is 889. The Morgan fingerprint density at radius 1 is 0.967 bits per heavy atom. The summed E-state index contributed by atoms with van der Waals surface area (Å²) >= 11 is 0. The molecule has 1 aliphatic carbocycles. The second-order valence-corrected chi connectivity index (χ2v) is 8.03. The van der Waals surface area contributed by atoms with E-state index in [4.69, 9.17) is 5.73 Å². The van der Waals surface area contributed by atoms with Crippen molar-refractivity contribution in [3.05, 3.63) is 64.7 Å². The summed E-state index contributed by atoms with van der Waals surface area (Å²) < 4.78 is 0. The molecule has 0 bridgehead atoms. The normalized spacial score (nSPS) is 16.4. The van der Waals surface area contributed by atoms with E-state index in [0.717, 1.165) is 55.6 Å². The number of halogens is 1. The molecule has 0 saturated carbocycles. The third-order valence-corrected chi connectivity index (χ3v) is 5.93. The lowest BCUT2D eigenvalue weighted by atomic mass is 9.90. The summed E-state index contributed by atoms with van der Waals surface area (Å²) in [5.74, 6) is 0.562. The molecule has 1 aliphatic heterocycles. The van der Waals surface area contributed by atoms with Gasteiger partial charge in [0.05, 0.1) is 6.54 Å². The number of piperidine rings is 1. The van der Waals surface area contributed by atoms with Gasteiger partial charge in [-0.3, -0.25) is 4.79 Å². The second-order valence-electron chi connectivity index (χ2n) is 8.03. The molecular formula is C24H31IN4O. The van der Waals surface area contributed by atoms with Crippen molar-refractivity contribution in [1.82, 2.24) is 4.90 Å². The van der Waals surface area contributed by atoms with Gasteiger partial charge in [-0.1, -0.05) is 24.3 Å². The quantitative estimate of drug-likeness (QED) is 0.349. The molecule has 6 heteroatoms. The third kappa shape index (κ3) is 5.53. The first kappa shape index (κ1) is 22.6. The van der Waals surface area contributed by atoms with Crippen LogP contribution in [0.5, 0.6) is 0 Å². The maximum absolute atomic E-state index is 12.6. The fourth-order valence-electron chi connectivity index (χ4n) is 4.28. The number of carbonyl (C=O) groups excluding carboxylic acids is 1. The number of nitrogens with zero attached hydrogens (tertiary/aromatic N) is 2. The number of hydrogen-bond acceptors (Lipinski definition) is 2. The number of nitrogens with two attached hydrogens (primary N) is 1. The lowest BCUT2D eigenvalue weighted by Crippen LogP contribution is -2.35. The summed E-state index contributed by atoms with van der Waals surface area (Å²) in [5.41, 5.74) is 11.8. The van der Waals surface area contributed by atoms with E-state index < -0.39 is 0 Å². The van der Waals surface area contributed by atoms with Gasteiger partial charge in [-0.05, 0) is 79.8 Å². The first-order valence-electron chi connectivity index (χ1n) is 10.8. The lowest BCUT2D eigenvalue weighted by Gasteiger charge is -2.26. The van der Waals surface area contributed by atoms with E-state index in [9.17, 15) is 4.79 Å². The van der Waals surface area contributed by atoms with Crippen LogP contribution >= 0.6 is 24.0 Å².